The molecule has 0 spiro atoms. The standard InChI is InChI=1S/C12H18ClN3O3S/c1-7(2)11(14)12(17)15-10-6-8(4-5-9(10)13)16-20(3,18)19/h4-7,11,16H,14H2,1-3H3,(H,15,17)/t11-/m0/s1. The molecule has 1 aromatic rings. The van der Waals surface area contributed by atoms with Gasteiger partial charge in [-0.3, -0.25) is 9.52 Å². The van der Waals surface area contributed by atoms with Gasteiger partial charge < -0.3 is 11.1 Å². The van der Waals surface area contributed by atoms with E-state index in [0.717, 1.165) is 6.26 Å². The SMILES string of the molecule is CC(C)[C@H](N)C(=O)Nc1cc(NS(C)(=O)=O)ccc1Cl. The van der Waals surface area contributed by atoms with E-state index in [4.69, 9.17) is 17.3 Å². The predicted molar refractivity (Wildman–Crippen MR) is 81.4 cm³/mol. The molecule has 1 amide bonds. The van der Waals surface area contributed by atoms with Crippen molar-refractivity contribution >= 4 is 38.9 Å². The Morgan fingerprint density at radius 1 is 1.35 bits per heavy atom. The highest BCUT2D eigenvalue weighted by atomic mass is 35.5. The number of hydrogen-bond donors (Lipinski definition) is 3. The van der Waals surface area contributed by atoms with Crippen LogP contribution in [0.2, 0.25) is 5.02 Å². The van der Waals surface area contributed by atoms with Gasteiger partial charge in [-0.2, -0.15) is 0 Å². The fraction of sp³-hybridized carbons (Fsp3) is 0.417. The molecule has 6 nitrogen and oxygen atoms in total. The zero-order valence-electron chi connectivity index (χ0n) is 11.5. The Bertz CT molecular complexity index is 602. The molecular weight excluding hydrogens is 302 g/mol. The molecule has 1 atom stereocenters. The molecule has 0 saturated heterocycles. The molecule has 0 fully saturated rings. The molecule has 0 aliphatic heterocycles. The molecule has 0 aliphatic rings. The van der Waals surface area contributed by atoms with Gasteiger partial charge in [0.1, 0.15) is 0 Å². The number of carbonyl (C=O) groups is 1. The maximum absolute atomic E-state index is 11.9. The minimum atomic E-state index is -3.40. The Morgan fingerprint density at radius 2 is 1.95 bits per heavy atom. The first kappa shape index (κ1) is 16.7. The highest BCUT2D eigenvalue weighted by Gasteiger charge is 2.18. The third kappa shape index (κ3) is 4.99. The first-order valence-electron chi connectivity index (χ1n) is 5.94. The lowest BCUT2D eigenvalue weighted by Crippen LogP contribution is -2.39. The van der Waals surface area contributed by atoms with Crippen LogP contribution in [0, 0.1) is 5.92 Å². The number of halogens is 1. The smallest absolute Gasteiger partial charge is 0.241 e. The molecule has 1 aromatic carbocycles. The van der Waals surface area contributed by atoms with Gasteiger partial charge in [0.15, 0.2) is 0 Å². The average molecular weight is 320 g/mol. The van der Waals surface area contributed by atoms with Gasteiger partial charge in [-0.15, -0.1) is 0 Å². The van der Waals surface area contributed by atoms with Crippen LogP contribution in [0.3, 0.4) is 0 Å². The van der Waals surface area contributed by atoms with Gasteiger partial charge in [0.2, 0.25) is 15.9 Å². The van der Waals surface area contributed by atoms with E-state index in [1.165, 1.54) is 18.2 Å². The molecule has 0 radical (unpaired) electrons. The second kappa shape index (κ2) is 6.43. The summed E-state index contributed by atoms with van der Waals surface area (Å²) in [6, 6.07) is 3.76. The number of nitrogens with one attached hydrogen (secondary N) is 2. The summed E-state index contributed by atoms with van der Waals surface area (Å²) in [6.07, 6.45) is 1.04. The zero-order chi connectivity index (χ0) is 15.5. The fourth-order valence-corrected chi connectivity index (χ4v) is 2.14. The highest BCUT2D eigenvalue weighted by Crippen LogP contribution is 2.26. The van der Waals surface area contributed by atoms with Crippen molar-refractivity contribution in [3.63, 3.8) is 0 Å². The van der Waals surface area contributed by atoms with Crippen molar-refractivity contribution in [1.82, 2.24) is 0 Å². The van der Waals surface area contributed by atoms with Crippen LogP contribution in [0.5, 0.6) is 0 Å². The van der Waals surface area contributed by atoms with Gasteiger partial charge in [0.05, 0.1) is 28.7 Å². The quantitative estimate of drug-likeness (QED) is 0.767. The molecule has 0 bridgehead atoms. The van der Waals surface area contributed by atoms with Crippen molar-refractivity contribution in [3.8, 4) is 0 Å². The van der Waals surface area contributed by atoms with E-state index >= 15 is 0 Å². The lowest BCUT2D eigenvalue weighted by atomic mass is 10.0. The molecule has 112 valence electrons. The van der Waals surface area contributed by atoms with Crippen molar-refractivity contribution in [2.45, 2.75) is 19.9 Å². The van der Waals surface area contributed by atoms with Gasteiger partial charge in [0, 0.05) is 0 Å². The number of hydrogen-bond acceptors (Lipinski definition) is 4. The lowest BCUT2D eigenvalue weighted by molar-refractivity contribution is -0.118. The minimum absolute atomic E-state index is 0.0221. The largest absolute Gasteiger partial charge is 0.323 e. The molecular formula is C12H18ClN3O3S. The van der Waals surface area contributed by atoms with Gasteiger partial charge in [0.25, 0.3) is 0 Å². The predicted octanol–water partition coefficient (Wildman–Crippen LogP) is 1.63. The van der Waals surface area contributed by atoms with E-state index in [1.54, 1.807) is 0 Å². The van der Waals surface area contributed by atoms with Crippen LogP contribution in [-0.4, -0.2) is 26.6 Å². The summed E-state index contributed by atoms with van der Waals surface area (Å²) in [6.45, 7) is 3.65. The molecule has 8 heteroatoms. The molecule has 0 heterocycles. The third-order valence-electron chi connectivity index (χ3n) is 2.55. The summed E-state index contributed by atoms with van der Waals surface area (Å²) in [7, 11) is -3.40. The first-order chi connectivity index (χ1) is 9.10. The number of benzene rings is 1. The Balaban J connectivity index is 2.95. The second-order valence-electron chi connectivity index (χ2n) is 4.83. The maximum atomic E-state index is 11.9. The molecule has 0 aromatic heterocycles. The van der Waals surface area contributed by atoms with Gasteiger partial charge in [-0.1, -0.05) is 25.4 Å². The first-order valence-corrected chi connectivity index (χ1v) is 8.21. The normalized spacial score (nSPS) is 13.1. The second-order valence-corrected chi connectivity index (χ2v) is 6.98. The monoisotopic (exact) mass is 319 g/mol. The number of amides is 1. The summed E-state index contributed by atoms with van der Waals surface area (Å²) >= 11 is 5.96. The van der Waals surface area contributed by atoms with Crippen molar-refractivity contribution in [3.05, 3.63) is 23.2 Å². The Hall–Kier alpha value is -1.31. The summed E-state index contributed by atoms with van der Waals surface area (Å²) in [5.41, 5.74) is 6.35. The Labute approximate surface area is 123 Å². The molecule has 0 aliphatic carbocycles. The molecule has 0 unspecified atom stereocenters. The number of rotatable bonds is 5. The number of sulfonamides is 1. The Morgan fingerprint density at radius 3 is 2.45 bits per heavy atom. The number of carbonyl (C=O) groups excluding carboxylic acids is 1. The van der Waals surface area contributed by atoms with Crippen LogP contribution in [0.1, 0.15) is 13.8 Å². The van der Waals surface area contributed by atoms with Gasteiger partial charge in [-0.05, 0) is 24.1 Å². The van der Waals surface area contributed by atoms with Crippen molar-refractivity contribution in [2.75, 3.05) is 16.3 Å². The molecule has 1 rings (SSSR count). The van der Waals surface area contributed by atoms with E-state index in [-0.39, 0.29) is 11.8 Å². The van der Waals surface area contributed by atoms with Gasteiger partial charge >= 0.3 is 0 Å². The van der Waals surface area contributed by atoms with Crippen LogP contribution >= 0.6 is 11.6 Å². The zero-order valence-corrected chi connectivity index (χ0v) is 13.0. The van der Waals surface area contributed by atoms with Crippen molar-refractivity contribution < 1.29 is 13.2 Å². The minimum Gasteiger partial charge on any atom is -0.323 e. The molecule has 4 N–H and O–H groups in total. The van der Waals surface area contributed by atoms with Crippen LogP contribution in [-0.2, 0) is 14.8 Å². The maximum Gasteiger partial charge on any atom is 0.241 e. The van der Waals surface area contributed by atoms with Crippen LogP contribution < -0.4 is 15.8 Å². The topological polar surface area (TPSA) is 101 Å². The summed E-state index contributed by atoms with van der Waals surface area (Å²) in [4.78, 5) is 11.9. The van der Waals surface area contributed by atoms with E-state index in [0.29, 0.717) is 16.4 Å². The van der Waals surface area contributed by atoms with E-state index in [1.807, 2.05) is 13.8 Å². The van der Waals surface area contributed by atoms with E-state index < -0.39 is 16.1 Å². The summed E-state index contributed by atoms with van der Waals surface area (Å²) in [5.74, 6) is -0.399. The molecule has 20 heavy (non-hydrogen) atoms. The fourth-order valence-electron chi connectivity index (χ4n) is 1.42. The highest BCUT2D eigenvalue weighted by molar-refractivity contribution is 7.92. The number of anilines is 2. The van der Waals surface area contributed by atoms with Crippen LogP contribution in [0.15, 0.2) is 18.2 Å². The molecule has 0 saturated carbocycles. The summed E-state index contributed by atoms with van der Waals surface area (Å²) in [5, 5.41) is 2.89. The van der Waals surface area contributed by atoms with Gasteiger partial charge in [-0.25, -0.2) is 8.42 Å². The third-order valence-corrected chi connectivity index (χ3v) is 3.48. The van der Waals surface area contributed by atoms with E-state index in [2.05, 4.69) is 10.0 Å². The van der Waals surface area contributed by atoms with Crippen LogP contribution in [0.4, 0.5) is 11.4 Å². The van der Waals surface area contributed by atoms with Crippen molar-refractivity contribution in [2.24, 2.45) is 11.7 Å². The number of nitrogens with two attached hydrogens (primary N) is 1. The Kier molecular flexibility index (Phi) is 5.38. The van der Waals surface area contributed by atoms with Crippen molar-refractivity contribution in [1.29, 1.82) is 0 Å². The summed E-state index contributed by atoms with van der Waals surface area (Å²) < 4.78 is 24.6. The lowest BCUT2D eigenvalue weighted by Gasteiger charge is -2.16. The average Bonchev–Trinajstić information content (AvgIpc) is 2.30. The van der Waals surface area contributed by atoms with E-state index in [9.17, 15) is 13.2 Å². The van der Waals surface area contributed by atoms with Crippen LogP contribution in [0.25, 0.3) is 0 Å².